The van der Waals surface area contributed by atoms with Gasteiger partial charge in [-0.1, -0.05) is 11.6 Å². The van der Waals surface area contributed by atoms with Gasteiger partial charge in [-0.25, -0.2) is 0 Å². The van der Waals surface area contributed by atoms with Crippen LogP contribution in [0.1, 0.15) is 13.3 Å². The molecule has 0 amide bonds. The van der Waals surface area contributed by atoms with Gasteiger partial charge in [0.25, 0.3) is 0 Å². The molecule has 0 aromatic heterocycles. The van der Waals surface area contributed by atoms with Crippen molar-refractivity contribution in [2.45, 2.75) is 25.4 Å². The maximum Gasteiger partial charge on any atom is 0.231 e. The van der Waals surface area contributed by atoms with Crippen molar-refractivity contribution < 1.29 is 14.2 Å². The Balaban J connectivity index is 1.62. The van der Waals surface area contributed by atoms with Crippen LogP contribution in [-0.2, 0) is 4.74 Å². The molecule has 2 aliphatic rings. The first kappa shape index (κ1) is 13.8. The van der Waals surface area contributed by atoms with Gasteiger partial charge >= 0.3 is 0 Å². The molecule has 0 spiro atoms. The second-order valence-corrected chi connectivity index (χ2v) is 5.60. The SMILES string of the molecule is CC(CC1COCCN1)Nc1cc2c(cc1Cl)OCO2. The first-order valence-corrected chi connectivity index (χ1v) is 7.27. The van der Waals surface area contributed by atoms with Crippen molar-refractivity contribution >= 4 is 17.3 Å². The Hall–Kier alpha value is -1.17. The molecule has 0 aliphatic carbocycles. The van der Waals surface area contributed by atoms with E-state index in [-0.39, 0.29) is 12.8 Å². The molecule has 0 saturated carbocycles. The average molecular weight is 299 g/mol. The Labute approximate surface area is 123 Å². The van der Waals surface area contributed by atoms with Crippen molar-refractivity contribution in [3.8, 4) is 11.5 Å². The van der Waals surface area contributed by atoms with E-state index >= 15 is 0 Å². The maximum atomic E-state index is 6.26. The Kier molecular flexibility index (Phi) is 4.19. The van der Waals surface area contributed by atoms with Crippen LogP contribution in [0.2, 0.25) is 5.02 Å². The first-order chi connectivity index (χ1) is 9.72. The third-order valence-electron chi connectivity index (χ3n) is 3.50. The Morgan fingerprint density at radius 3 is 2.95 bits per heavy atom. The van der Waals surface area contributed by atoms with Gasteiger partial charge in [-0.15, -0.1) is 0 Å². The summed E-state index contributed by atoms with van der Waals surface area (Å²) in [5.74, 6) is 1.44. The van der Waals surface area contributed by atoms with Crippen LogP contribution in [-0.4, -0.2) is 38.6 Å². The highest BCUT2D eigenvalue weighted by atomic mass is 35.5. The molecule has 2 unspecified atom stereocenters. The fourth-order valence-electron chi connectivity index (χ4n) is 2.55. The molecule has 6 heteroatoms. The van der Waals surface area contributed by atoms with E-state index in [9.17, 15) is 0 Å². The molecular weight excluding hydrogens is 280 g/mol. The van der Waals surface area contributed by atoms with Gasteiger partial charge in [0.2, 0.25) is 6.79 Å². The molecule has 2 aliphatic heterocycles. The van der Waals surface area contributed by atoms with Gasteiger partial charge in [-0.2, -0.15) is 0 Å². The lowest BCUT2D eigenvalue weighted by Crippen LogP contribution is -2.43. The van der Waals surface area contributed by atoms with Gasteiger partial charge in [0, 0.05) is 30.8 Å². The van der Waals surface area contributed by atoms with E-state index in [1.807, 2.05) is 6.07 Å². The second-order valence-electron chi connectivity index (χ2n) is 5.19. The molecule has 3 rings (SSSR count). The molecule has 2 N–H and O–H groups in total. The summed E-state index contributed by atoms with van der Waals surface area (Å²) in [4.78, 5) is 0. The molecule has 20 heavy (non-hydrogen) atoms. The number of nitrogens with one attached hydrogen (secondary N) is 2. The number of ether oxygens (including phenoxy) is 3. The monoisotopic (exact) mass is 298 g/mol. The third kappa shape index (κ3) is 3.11. The number of hydrogen-bond acceptors (Lipinski definition) is 5. The van der Waals surface area contributed by atoms with Gasteiger partial charge < -0.3 is 24.8 Å². The fraction of sp³-hybridized carbons (Fsp3) is 0.571. The average Bonchev–Trinajstić information content (AvgIpc) is 2.87. The van der Waals surface area contributed by atoms with Gasteiger partial charge in [0.05, 0.1) is 23.9 Å². The van der Waals surface area contributed by atoms with Gasteiger partial charge in [-0.3, -0.25) is 0 Å². The minimum Gasteiger partial charge on any atom is -0.454 e. The van der Waals surface area contributed by atoms with Crippen LogP contribution in [0, 0.1) is 0 Å². The standard InChI is InChI=1S/C14H19ClN2O3/c1-9(4-10-7-18-3-2-16-10)17-12-6-14-13(5-11(12)15)19-8-20-14/h5-6,9-10,16-17H,2-4,7-8H2,1H3. The number of rotatable bonds is 4. The lowest BCUT2D eigenvalue weighted by atomic mass is 10.1. The molecule has 0 bridgehead atoms. The van der Waals surface area contributed by atoms with Crippen molar-refractivity contribution in [3.63, 3.8) is 0 Å². The molecule has 5 nitrogen and oxygen atoms in total. The van der Waals surface area contributed by atoms with Crippen LogP contribution in [0.25, 0.3) is 0 Å². The summed E-state index contributed by atoms with van der Waals surface area (Å²) < 4.78 is 16.1. The highest BCUT2D eigenvalue weighted by Crippen LogP contribution is 2.39. The van der Waals surface area contributed by atoms with Crippen LogP contribution in [0.3, 0.4) is 0 Å². The smallest absolute Gasteiger partial charge is 0.231 e. The summed E-state index contributed by atoms with van der Waals surface area (Å²) in [6.45, 7) is 4.88. The molecule has 1 fully saturated rings. The number of halogens is 1. The van der Waals surface area contributed by atoms with E-state index in [1.54, 1.807) is 6.07 Å². The van der Waals surface area contributed by atoms with Crippen LogP contribution in [0.4, 0.5) is 5.69 Å². The highest BCUT2D eigenvalue weighted by molar-refractivity contribution is 6.33. The van der Waals surface area contributed by atoms with E-state index in [0.717, 1.165) is 37.6 Å². The summed E-state index contributed by atoms with van der Waals surface area (Å²) in [7, 11) is 0. The number of hydrogen-bond donors (Lipinski definition) is 2. The van der Waals surface area contributed by atoms with Gasteiger partial charge in [0.1, 0.15) is 0 Å². The van der Waals surface area contributed by atoms with Crippen LogP contribution in [0.15, 0.2) is 12.1 Å². The summed E-state index contributed by atoms with van der Waals surface area (Å²) in [6.07, 6.45) is 0.977. The lowest BCUT2D eigenvalue weighted by Gasteiger charge is -2.27. The van der Waals surface area contributed by atoms with Gasteiger partial charge in [0.15, 0.2) is 11.5 Å². The molecule has 2 heterocycles. The van der Waals surface area contributed by atoms with Crippen LogP contribution >= 0.6 is 11.6 Å². The normalized spacial score (nSPS) is 22.6. The van der Waals surface area contributed by atoms with Crippen molar-refractivity contribution in [2.75, 3.05) is 31.9 Å². The summed E-state index contributed by atoms with van der Waals surface area (Å²) in [5, 5.41) is 7.52. The minimum atomic E-state index is 0.258. The van der Waals surface area contributed by atoms with E-state index in [4.69, 9.17) is 25.8 Å². The third-order valence-corrected chi connectivity index (χ3v) is 3.81. The van der Waals surface area contributed by atoms with Crippen molar-refractivity contribution in [3.05, 3.63) is 17.2 Å². The zero-order chi connectivity index (χ0) is 13.9. The zero-order valence-electron chi connectivity index (χ0n) is 11.4. The van der Waals surface area contributed by atoms with Crippen LogP contribution < -0.4 is 20.1 Å². The summed E-state index contributed by atoms with van der Waals surface area (Å²) in [5.41, 5.74) is 0.875. The molecule has 110 valence electrons. The van der Waals surface area contributed by atoms with E-state index in [2.05, 4.69) is 17.6 Å². The molecule has 1 aromatic rings. The van der Waals surface area contributed by atoms with E-state index < -0.39 is 0 Å². The lowest BCUT2D eigenvalue weighted by molar-refractivity contribution is 0.0731. The number of fused-ring (bicyclic) bond motifs is 1. The fourth-order valence-corrected chi connectivity index (χ4v) is 2.76. The van der Waals surface area contributed by atoms with Crippen molar-refractivity contribution in [2.24, 2.45) is 0 Å². The number of morpholine rings is 1. The van der Waals surface area contributed by atoms with Crippen molar-refractivity contribution in [1.82, 2.24) is 5.32 Å². The molecule has 1 saturated heterocycles. The topological polar surface area (TPSA) is 51.8 Å². The summed E-state index contributed by atoms with van der Waals surface area (Å²) in [6, 6.07) is 4.36. The Morgan fingerprint density at radius 1 is 1.40 bits per heavy atom. The maximum absolute atomic E-state index is 6.26. The van der Waals surface area contributed by atoms with Gasteiger partial charge in [-0.05, 0) is 13.3 Å². The first-order valence-electron chi connectivity index (χ1n) is 6.89. The Bertz CT molecular complexity index is 478. The highest BCUT2D eigenvalue weighted by Gasteiger charge is 2.19. The molecule has 0 radical (unpaired) electrons. The zero-order valence-corrected chi connectivity index (χ0v) is 12.2. The molecular formula is C14H19ClN2O3. The van der Waals surface area contributed by atoms with Crippen LogP contribution in [0.5, 0.6) is 11.5 Å². The predicted octanol–water partition coefficient (Wildman–Crippen LogP) is 2.25. The number of anilines is 1. The Morgan fingerprint density at radius 2 is 2.20 bits per heavy atom. The minimum absolute atomic E-state index is 0.258. The largest absolute Gasteiger partial charge is 0.454 e. The quantitative estimate of drug-likeness (QED) is 0.893. The predicted molar refractivity (Wildman–Crippen MR) is 77.9 cm³/mol. The van der Waals surface area contributed by atoms with E-state index in [1.165, 1.54) is 0 Å². The second kappa shape index (κ2) is 6.08. The van der Waals surface area contributed by atoms with E-state index in [0.29, 0.717) is 16.8 Å². The van der Waals surface area contributed by atoms with Crippen molar-refractivity contribution in [1.29, 1.82) is 0 Å². The summed E-state index contributed by atoms with van der Waals surface area (Å²) >= 11 is 6.26. The molecule has 2 atom stereocenters. The number of benzene rings is 1. The molecule has 1 aromatic carbocycles.